The fourth-order valence-electron chi connectivity index (χ4n) is 1.43. The Balaban J connectivity index is 2.52. The highest BCUT2D eigenvalue weighted by molar-refractivity contribution is 4.77. The summed E-state index contributed by atoms with van der Waals surface area (Å²) in [6.07, 6.45) is 1.86. The van der Waals surface area contributed by atoms with Crippen LogP contribution in [-0.2, 0) is 9.47 Å². The number of aliphatic hydroxyl groups is 1. The van der Waals surface area contributed by atoms with Crippen molar-refractivity contribution < 1.29 is 14.6 Å². The molecule has 1 N–H and O–H groups in total. The average Bonchev–Trinajstić information content (AvgIpc) is 2.04. The van der Waals surface area contributed by atoms with E-state index < -0.39 is 5.79 Å². The molecule has 1 rings (SSSR count). The Labute approximate surface area is 67.3 Å². The van der Waals surface area contributed by atoms with Crippen molar-refractivity contribution in [2.75, 3.05) is 13.7 Å². The van der Waals surface area contributed by atoms with Crippen LogP contribution in [0.4, 0.5) is 0 Å². The molecule has 0 amide bonds. The summed E-state index contributed by atoms with van der Waals surface area (Å²) in [5.41, 5.74) is 0. The van der Waals surface area contributed by atoms with Gasteiger partial charge in [0.1, 0.15) is 0 Å². The normalized spacial score (nSPS) is 39.0. The van der Waals surface area contributed by atoms with Crippen molar-refractivity contribution in [3.63, 3.8) is 0 Å². The van der Waals surface area contributed by atoms with Crippen molar-refractivity contribution in [3.8, 4) is 0 Å². The number of ether oxygens (including phenoxy) is 2. The van der Waals surface area contributed by atoms with Crippen LogP contribution in [-0.4, -0.2) is 30.7 Å². The summed E-state index contributed by atoms with van der Waals surface area (Å²) in [7, 11) is 1.63. The lowest BCUT2D eigenvalue weighted by Crippen LogP contribution is -2.42. The van der Waals surface area contributed by atoms with Gasteiger partial charge in [0.05, 0.1) is 12.7 Å². The molecule has 0 saturated carbocycles. The SMILES string of the molecule is CCC1(OC)CC(O)CCO1. The van der Waals surface area contributed by atoms with Crippen molar-refractivity contribution in [3.05, 3.63) is 0 Å². The average molecular weight is 160 g/mol. The molecular formula is C8H16O3. The van der Waals surface area contributed by atoms with Gasteiger partial charge < -0.3 is 14.6 Å². The molecule has 0 aliphatic carbocycles. The van der Waals surface area contributed by atoms with Crippen molar-refractivity contribution in [1.82, 2.24) is 0 Å². The predicted octanol–water partition coefficient (Wildman–Crippen LogP) is 0.910. The smallest absolute Gasteiger partial charge is 0.170 e. The zero-order valence-corrected chi connectivity index (χ0v) is 7.17. The first-order valence-electron chi connectivity index (χ1n) is 4.09. The third-order valence-electron chi connectivity index (χ3n) is 2.27. The molecule has 0 aromatic rings. The van der Waals surface area contributed by atoms with E-state index >= 15 is 0 Å². The second kappa shape index (κ2) is 3.52. The van der Waals surface area contributed by atoms with Crippen molar-refractivity contribution in [2.45, 2.75) is 38.1 Å². The molecule has 0 spiro atoms. The second-order valence-corrected chi connectivity index (χ2v) is 2.96. The summed E-state index contributed by atoms with van der Waals surface area (Å²) in [5.74, 6) is -0.516. The van der Waals surface area contributed by atoms with E-state index in [4.69, 9.17) is 9.47 Å². The lowest BCUT2D eigenvalue weighted by Gasteiger charge is -2.37. The van der Waals surface area contributed by atoms with Crippen LogP contribution in [0.2, 0.25) is 0 Å². The maximum atomic E-state index is 9.35. The molecule has 0 bridgehead atoms. The molecule has 1 heterocycles. The van der Waals surface area contributed by atoms with Gasteiger partial charge in [0.2, 0.25) is 0 Å². The number of aliphatic hydroxyl groups excluding tert-OH is 1. The summed E-state index contributed by atoms with van der Waals surface area (Å²) in [6, 6.07) is 0. The molecule has 0 aromatic carbocycles. The van der Waals surface area contributed by atoms with E-state index in [1.54, 1.807) is 7.11 Å². The third kappa shape index (κ3) is 1.92. The van der Waals surface area contributed by atoms with Crippen LogP contribution in [0.5, 0.6) is 0 Å². The fraction of sp³-hybridized carbons (Fsp3) is 1.00. The molecule has 2 unspecified atom stereocenters. The van der Waals surface area contributed by atoms with Gasteiger partial charge in [-0.05, 0) is 12.8 Å². The highest BCUT2D eigenvalue weighted by Gasteiger charge is 2.35. The monoisotopic (exact) mass is 160 g/mol. The lowest BCUT2D eigenvalue weighted by atomic mass is 10.0. The van der Waals surface area contributed by atoms with Gasteiger partial charge in [0, 0.05) is 13.5 Å². The van der Waals surface area contributed by atoms with E-state index in [1.165, 1.54) is 0 Å². The largest absolute Gasteiger partial charge is 0.393 e. The van der Waals surface area contributed by atoms with E-state index in [0.717, 1.165) is 12.8 Å². The first-order valence-corrected chi connectivity index (χ1v) is 4.09. The van der Waals surface area contributed by atoms with E-state index in [9.17, 15) is 5.11 Å². The molecule has 11 heavy (non-hydrogen) atoms. The van der Waals surface area contributed by atoms with Crippen LogP contribution < -0.4 is 0 Å². The standard InChI is InChI=1S/C8H16O3/c1-3-8(10-2)6-7(9)4-5-11-8/h7,9H,3-6H2,1-2H3. The fourth-order valence-corrected chi connectivity index (χ4v) is 1.43. The van der Waals surface area contributed by atoms with Crippen LogP contribution in [0.3, 0.4) is 0 Å². The van der Waals surface area contributed by atoms with Crippen LogP contribution in [0, 0.1) is 0 Å². The van der Waals surface area contributed by atoms with E-state index in [1.807, 2.05) is 6.92 Å². The van der Waals surface area contributed by atoms with Crippen LogP contribution >= 0.6 is 0 Å². The quantitative estimate of drug-likeness (QED) is 0.652. The molecular weight excluding hydrogens is 144 g/mol. The predicted molar refractivity (Wildman–Crippen MR) is 41.2 cm³/mol. The molecule has 2 atom stereocenters. The van der Waals surface area contributed by atoms with Crippen molar-refractivity contribution in [2.24, 2.45) is 0 Å². The van der Waals surface area contributed by atoms with E-state index in [0.29, 0.717) is 13.0 Å². The number of rotatable bonds is 2. The van der Waals surface area contributed by atoms with Gasteiger partial charge >= 0.3 is 0 Å². The van der Waals surface area contributed by atoms with Gasteiger partial charge in [-0.25, -0.2) is 0 Å². The minimum absolute atomic E-state index is 0.261. The Morgan fingerprint density at radius 1 is 1.73 bits per heavy atom. The minimum atomic E-state index is -0.516. The molecule has 66 valence electrons. The molecule has 1 aliphatic rings. The van der Waals surface area contributed by atoms with Gasteiger partial charge in [-0.2, -0.15) is 0 Å². The van der Waals surface area contributed by atoms with Gasteiger partial charge in [-0.3, -0.25) is 0 Å². The molecule has 1 fully saturated rings. The van der Waals surface area contributed by atoms with Gasteiger partial charge in [-0.1, -0.05) is 6.92 Å². The molecule has 0 aromatic heterocycles. The lowest BCUT2D eigenvalue weighted by molar-refractivity contribution is -0.260. The van der Waals surface area contributed by atoms with Crippen molar-refractivity contribution in [1.29, 1.82) is 0 Å². The van der Waals surface area contributed by atoms with Gasteiger partial charge in [-0.15, -0.1) is 0 Å². The van der Waals surface area contributed by atoms with Gasteiger partial charge in [0.15, 0.2) is 5.79 Å². The van der Waals surface area contributed by atoms with E-state index in [2.05, 4.69) is 0 Å². The molecule has 3 heteroatoms. The highest BCUT2D eigenvalue weighted by atomic mass is 16.7. The third-order valence-corrected chi connectivity index (χ3v) is 2.27. The topological polar surface area (TPSA) is 38.7 Å². The van der Waals surface area contributed by atoms with Crippen LogP contribution in [0.15, 0.2) is 0 Å². The second-order valence-electron chi connectivity index (χ2n) is 2.96. The molecule has 1 saturated heterocycles. The summed E-state index contributed by atoms with van der Waals surface area (Å²) < 4.78 is 10.7. The van der Waals surface area contributed by atoms with Crippen LogP contribution in [0.1, 0.15) is 26.2 Å². The van der Waals surface area contributed by atoms with Crippen LogP contribution in [0.25, 0.3) is 0 Å². The Morgan fingerprint density at radius 3 is 2.82 bits per heavy atom. The molecule has 1 aliphatic heterocycles. The Kier molecular flexibility index (Phi) is 2.87. The minimum Gasteiger partial charge on any atom is -0.393 e. The van der Waals surface area contributed by atoms with E-state index in [-0.39, 0.29) is 6.10 Å². The summed E-state index contributed by atoms with van der Waals surface area (Å²) in [5, 5.41) is 9.35. The maximum Gasteiger partial charge on any atom is 0.170 e. The van der Waals surface area contributed by atoms with Crippen molar-refractivity contribution >= 4 is 0 Å². The summed E-state index contributed by atoms with van der Waals surface area (Å²) in [6.45, 7) is 2.60. The molecule has 3 nitrogen and oxygen atoms in total. The number of methoxy groups -OCH3 is 1. The van der Waals surface area contributed by atoms with Gasteiger partial charge in [0.25, 0.3) is 0 Å². The Bertz CT molecular complexity index is 121. The zero-order chi connectivity index (χ0) is 8.32. The summed E-state index contributed by atoms with van der Waals surface area (Å²) in [4.78, 5) is 0. The number of hydrogen-bond acceptors (Lipinski definition) is 3. The first kappa shape index (κ1) is 8.97. The zero-order valence-electron chi connectivity index (χ0n) is 7.17. The summed E-state index contributed by atoms with van der Waals surface area (Å²) >= 11 is 0. The first-order chi connectivity index (χ1) is 5.22. The molecule has 0 radical (unpaired) electrons. The highest BCUT2D eigenvalue weighted by Crippen LogP contribution is 2.28. The maximum absolute atomic E-state index is 9.35. The number of hydrogen-bond donors (Lipinski definition) is 1. The Morgan fingerprint density at radius 2 is 2.45 bits per heavy atom. The Hall–Kier alpha value is -0.120.